The van der Waals surface area contributed by atoms with Crippen molar-refractivity contribution < 1.29 is 8.78 Å². The SMILES string of the molecule is Fc1cccc(CN(CCBr)C2CCCCC2)c1F. The van der Waals surface area contributed by atoms with E-state index in [4.69, 9.17) is 0 Å². The van der Waals surface area contributed by atoms with E-state index in [1.807, 2.05) is 0 Å². The molecule has 0 N–H and O–H groups in total. The second kappa shape index (κ2) is 7.34. The van der Waals surface area contributed by atoms with Gasteiger partial charge in [-0.15, -0.1) is 0 Å². The highest BCUT2D eigenvalue weighted by molar-refractivity contribution is 9.09. The number of hydrogen-bond acceptors (Lipinski definition) is 1. The van der Waals surface area contributed by atoms with Crippen molar-refractivity contribution in [3.63, 3.8) is 0 Å². The minimum atomic E-state index is -0.750. The summed E-state index contributed by atoms with van der Waals surface area (Å²) in [6.45, 7) is 1.38. The average molecular weight is 332 g/mol. The highest BCUT2D eigenvalue weighted by Gasteiger charge is 2.22. The maximum atomic E-state index is 13.8. The Morgan fingerprint density at radius 2 is 1.89 bits per heavy atom. The zero-order valence-electron chi connectivity index (χ0n) is 11.0. The Morgan fingerprint density at radius 3 is 2.58 bits per heavy atom. The Bertz CT molecular complexity index is 405. The third-order valence-electron chi connectivity index (χ3n) is 3.87. The van der Waals surface area contributed by atoms with Gasteiger partial charge in [0, 0.05) is 30.0 Å². The molecule has 1 aliphatic rings. The van der Waals surface area contributed by atoms with E-state index >= 15 is 0 Å². The summed E-state index contributed by atoms with van der Waals surface area (Å²) in [4.78, 5) is 2.28. The third kappa shape index (κ3) is 3.99. The van der Waals surface area contributed by atoms with E-state index in [1.54, 1.807) is 12.1 Å². The molecule has 1 aromatic carbocycles. The molecule has 0 unspecified atom stereocenters. The van der Waals surface area contributed by atoms with Crippen molar-refractivity contribution >= 4 is 15.9 Å². The van der Waals surface area contributed by atoms with Crippen LogP contribution in [0.2, 0.25) is 0 Å². The van der Waals surface area contributed by atoms with E-state index in [9.17, 15) is 8.78 Å². The lowest BCUT2D eigenvalue weighted by molar-refractivity contribution is 0.155. The molecule has 1 fully saturated rings. The first-order chi connectivity index (χ1) is 9.22. The van der Waals surface area contributed by atoms with Crippen LogP contribution < -0.4 is 0 Å². The van der Waals surface area contributed by atoms with E-state index in [0.717, 1.165) is 11.9 Å². The van der Waals surface area contributed by atoms with E-state index in [2.05, 4.69) is 20.8 Å². The maximum absolute atomic E-state index is 13.8. The second-order valence-electron chi connectivity index (χ2n) is 5.16. The van der Waals surface area contributed by atoms with Gasteiger partial charge in [0.15, 0.2) is 11.6 Å². The number of alkyl halides is 1. The molecule has 0 amide bonds. The summed E-state index contributed by atoms with van der Waals surface area (Å²) in [5.41, 5.74) is 0.464. The first-order valence-corrected chi connectivity index (χ1v) is 8.07. The summed E-state index contributed by atoms with van der Waals surface area (Å²) >= 11 is 3.45. The normalized spacial score (nSPS) is 17.1. The molecule has 4 heteroatoms. The van der Waals surface area contributed by atoms with Crippen LogP contribution in [0.4, 0.5) is 8.78 Å². The van der Waals surface area contributed by atoms with Crippen LogP contribution in [0.5, 0.6) is 0 Å². The van der Waals surface area contributed by atoms with Crippen LogP contribution in [0.3, 0.4) is 0 Å². The molecule has 0 radical (unpaired) electrons. The number of nitrogens with zero attached hydrogens (tertiary/aromatic N) is 1. The highest BCUT2D eigenvalue weighted by atomic mass is 79.9. The predicted molar refractivity (Wildman–Crippen MR) is 77.4 cm³/mol. The molecule has 0 spiro atoms. The molecule has 0 aromatic heterocycles. The smallest absolute Gasteiger partial charge is 0.163 e. The molecule has 1 saturated carbocycles. The van der Waals surface area contributed by atoms with Crippen LogP contribution in [-0.4, -0.2) is 22.8 Å². The summed E-state index contributed by atoms with van der Waals surface area (Å²) in [5.74, 6) is -1.45. The lowest BCUT2D eigenvalue weighted by Crippen LogP contribution is -2.37. The van der Waals surface area contributed by atoms with Crippen molar-refractivity contribution in [1.82, 2.24) is 4.90 Å². The third-order valence-corrected chi connectivity index (χ3v) is 4.22. The van der Waals surface area contributed by atoms with Gasteiger partial charge >= 0.3 is 0 Å². The van der Waals surface area contributed by atoms with E-state index in [-0.39, 0.29) is 0 Å². The second-order valence-corrected chi connectivity index (χ2v) is 5.96. The molecule has 2 rings (SSSR count). The Morgan fingerprint density at radius 1 is 1.16 bits per heavy atom. The quantitative estimate of drug-likeness (QED) is 0.718. The number of benzene rings is 1. The van der Waals surface area contributed by atoms with Gasteiger partial charge in [-0.05, 0) is 18.9 Å². The van der Waals surface area contributed by atoms with E-state index in [1.165, 1.54) is 38.2 Å². The van der Waals surface area contributed by atoms with Gasteiger partial charge in [-0.3, -0.25) is 4.90 Å². The zero-order valence-corrected chi connectivity index (χ0v) is 12.6. The monoisotopic (exact) mass is 331 g/mol. The van der Waals surface area contributed by atoms with Gasteiger partial charge in [0.05, 0.1) is 0 Å². The number of hydrogen-bond donors (Lipinski definition) is 0. The number of halogens is 3. The first kappa shape index (κ1) is 14.9. The van der Waals surface area contributed by atoms with Gasteiger partial charge in [-0.2, -0.15) is 0 Å². The Labute approximate surface area is 122 Å². The van der Waals surface area contributed by atoms with Crippen molar-refractivity contribution in [2.75, 3.05) is 11.9 Å². The number of rotatable bonds is 5. The summed E-state index contributed by atoms with van der Waals surface area (Å²) in [6.07, 6.45) is 6.13. The molecular formula is C15H20BrF2N. The first-order valence-electron chi connectivity index (χ1n) is 6.95. The fourth-order valence-electron chi connectivity index (χ4n) is 2.83. The van der Waals surface area contributed by atoms with Gasteiger partial charge in [0.2, 0.25) is 0 Å². The summed E-state index contributed by atoms with van der Waals surface area (Å²) in [6, 6.07) is 4.95. The van der Waals surface area contributed by atoms with Gasteiger partial charge in [-0.25, -0.2) is 8.78 Å². The van der Waals surface area contributed by atoms with Crippen molar-refractivity contribution in [1.29, 1.82) is 0 Å². The summed E-state index contributed by atoms with van der Waals surface area (Å²) in [7, 11) is 0. The van der Waals surface area contributed by atoms with Crippen molar-refractivity contribution in [2.45, 2.75) is 44.7 Å². The van der Waals surface area contributed by atoms with Gasteiger partial charge in [-0.1, -0.05) is 47.3 Å². The minimum absolute atomic E-state index is 0.464. The molecule has 106 valence electrons. The Kier molecular flexibility index (Phi) is 5.76. The van der Waals surface area contributed by atoms with Gasteiger partial charge < -0.3 is 0 Å². The molecular weight excluding hydrogens is 312 g/mol. The zero-order chi connectivity index (χ0) is 13.7. The average Bonchev–Trinajstić information content (AvgIpc) is 2.44. The largest absolute Gasteiger partial charge is 0.295 e. The molecule has 0 saturated heterocycles. The molecule has 1 aliphatic carbocycles. The summed E-state index contributed by atoms with van der Waals surface area (Å²) in [5, 5.41) is 0.862. The molecule has 0 aliphatic heterocycles. The molecule has 0 bridgehead atoms. The van der Waals surface area contributed by atoms with Crippen molar-refractivity contribution in [2.24, 2.45) is 0 Å². The highest BCUT2D eigenvalue weighted by Crippen LogP contribution is 2.25. The van der Waals surface area contributed by atoms with Crippen LogP contribution in [0.15, 0.2) is 18.2 Å². The van der Waals surface area contributed by atoms with E-state index in [0.29, 0.717) is 18.2 Å². The molecule has 19 heavy (non-hydrogen) atoms. The molecule has 0 heterocycles. The maximum Gasteiger partial charge on any atom is 0.163 e. The van der Waals surface area contributed by atoms with Gasteiger partial charge in [0.1, 0.15) is 0 Å². The van der Waals surface area contributed by atoms with Crippen LogP contribution >= 0.6 is 15.9 Å². The minimum Gasteiger partial charge on any atom is -0.295 e. The van der Waals surface area contributed by atoms with Crippen LogP contribution in [0.1, 0.15) is 37.7 Å². The van der Waals surface area contributed by atoms with Crippen molar-refractivity contribution in [3.05, 3.63) is 35.4 Å². The van der Waals surface area contributed by atoms with Gasteiger partial charge in [0.25, 0.3) is 0 Å². The standard InChI is InChI=1S/C15H20BrF2N/c16-9-10-19(13-6-2-1-3-7-13)11-12-5-4-8-14(17)15(12)18/h4-5,8,13H,1-3,6-7,9-11H2. The van der Waals surface area contributed by atoms with Crippen molar-refractivity contribution in [3.8, 4) is 0 Å². The lowest BCUT2D eigenvalue weighted by atomic mass is 9.94. The lowest BCUT2D eigenvalue weighted by Gasteiger charge is -2.34. The topological polar surface area (TPSA) is 3.24 Å². The molecule has 0 atom stereocenters. The van der Waals surface area contributed by atoms with Crippen LogP contribution in [0.25, 0.3) is 0 Å². The Balaban J connectivity index is 2.08. The van der Waals surface area contributed by atoms with E-state index < -0.39 is 11.6 Å². The molecule has 1 aromatic rings. The Hall–Kier alpha value is -0.480. The molecule has 1 nitrogen and oxygen atoms in total. The van der Waals surface area contributed by atoms with Crippen LogP contribution in [-0.2, 0) is 6.54 Å². The predicted octanol–water partition coefficient (Wildman–Crippen LogP) is 4.49. The fourth-order valence-corrected chi connectivity index (χ4v) is 3.29. The van der Waals surface area contributed by atoms with Crippen LogP contribution in [0, 0.1) is 11.6 Å². The summed E-state index contributed by atoms with van der Waals surface area (Å²) < 4.78 is 27.0. The fraction of sp³-hybridized carbons (Fsp3) is 0.600.